The number of amides is 1. The van der Waals surface area contributed by atoms with Gasteiger partial charge in [0.25, 0.3) is 5.91 Å². The fraction of sp³-hybridized carbons (Fsp3) is 0.231. The number of thiazole rings is 1. The zero-order valence-electron chi connectivity index (χ0n) is 19.1. The van der Waals surface area contributed by atoms with Crippen LogP contribution in [0.4, 0.5) is 5.13 Å². The molecule has 4 aromatic rings. The van der Waals surface area contributed by atoms with E-state index < -0.39 is 15.1 Å². The van der Waals surface area contributed by atoms with E-state index in [1.54, 1.807) is 30.9 Å². The number of hydrogen-bond donors (Lipinski definition) is 0. The minimum Gasteiger partial charge on any atom is -0.279 e. The van der Waals surface area contributed by atoms with Crippen molar-refractivity contribution in [2.24, 2.45) is 0 Å². The van der Waals surface area contributed by atoms with E-state index in [1.807, 2.05) is 50.2 Å². The summed E-state index contributed by atoms with van der Waals surface area (Å²) in [6.45, 7) is 7.75. The molecule has 7 heteroatoms. The van der Waals surface area contributed by atoms with E-state index in [9.17, 15) is 13.2 Å². The predicted octanol–water partition coefficient (Wildman–Crippen LogP) is 5.94. The minimum atomic E-state index is -3.40. The van der Waals surface area contributed by atoms with Crippen LogP contribution < -0.4 is 4.90 Å². The van der Waals surface area contributed by atoms with Crippen LogP contribution in [-0.2, 0) is 16.4 Å². The molecule has 0 aliphatic rings. The van der Waals surface area contributed by atoms with Gasteiger partial charge in [-0.2, -0.15) is 0 Å². The Morgan fingerprint density at radius 2 is 1.64 bits per heavy atom. The zero-order chi connectivity index (χ0) is 23.8. The van der Waals surface area contributed by atoms with Crippen molar-refractivity contribution < 1.29 is 13.2 Å². The van der Waals surface area contributed by atoms with E-state index in [2.05, 4.69) is 6.07 Å². The maximum Gasteiger partial charge on any atom is 0.260 e. The molecule has 0 radical (unpaired) electrons. The molecule has 0 spiro atoms. The molecule has 1 aromatic heterocycles. The van der Waals surface area contributed by atoms with Crippen molar-refractivity contribution in [1.29, 1.82) is 0 Å². The predicted molar refractivity (Wildman–Crippen MR) is 135 cm³/mol. The summed E-state index contributed by atoms with van der Waals surface area (Å²) >= 11 is 1.48. The average molecular weight is 479 g/mol. The van der Waals surface area contributed by atoms with Crippen LogP contribution in [0.3, 0.4) is 0 Å². The van der Waals surface area contributed by atoms with Crippen LogP contribution in [0.5, 0.6) is 0 Å². The van der Waals surface area contributed by atoms with Gasteiger partial charge in [0.1, 0.15) is 0 Å². The number of sulfone groups is 1. The van der Waals surface area contributed by atoms with Crippen LogP contribution in [-0.4, -0.2) is 24.6 Å². The van der Waals surface area contributed by atoms with Gasteiger partial charge in [0.2, 0.25) is 0 Å². The second kappa shape index (κ2) is 9.08. The van der Waals surface area contributed by atoms with Crippen molar-refractivity contribution in [3.05, 3.63) is 89.0 Å². The van der Waals surface area contributed by atoms with E-state index in [1.165, 1.54) is 23.5 Å². The smallest absolute Gasteiger partial charge is 0.260 e. The lowest BCUT2D eigenvalue weighted by atomic mass is 10.1. The maximum atomic E-state index is 13.6. The molecule has 0 atom stereocenters. The first-order valence-corrected chi connectivity index (χ1v) is 13.1. The highest BCUT2D eigenvalue weighted by molar-refractivity contribution is 7.92. The van der Waals surface area contributed by atoms with E-state index in [-0.39, 0.29) is 10.8 Å². The second-order valence-electron chi connectivity index (χ2n) is 8.35. The van der Waals surface area contributed by atoms with Gasteiger partial charge in [-0.25, -0.2) is 13.4 Å². The van der Waals surface area contributed by atoms with E-state index >= 15 is 0 Å². The molecule has 0 saturated carbocycles. The van der Waals surface area contributed by atoms with Gasteiger partial charge in [0.15, 0.2) is 15.0 Å². The van der Waals surface area contributed by atoms with Crippen LogP contribution in [0, 0.1) is 13.8 Å². The summed E-state index contributed by atoms with van der Waals surface area (Å²) in [4.78, 5) is 20.3. The number of aromatic nitrogens is 1. The highest BCUT2D eigenvalue weighted by atomic mass is 32.2. The Bertz CT molecular complexity index is 1410. The van der Waals surface area contributed by atoms with Crippen LogP contribution in [0.25, 0.3) is 10.2 Å². The topological polar surface area (TPSA) is 67.3 Å². The van der Waals surface area contributed by atoms with Gasteiger partial charge in [-0.3, -0.25) is 9.69 Å². The molecular formula is C26H26N2O3S2. The molecule has 0 saturated heterocycles. The lowest BCUT2D eigenvalue weighted by Gasteiger charge is -2.20. The monoisotopic (exact) mass is 478 g/mol. The summed E-state index contributed by atoms with van der Waals surface area (Å²) in [5, 5.41) is 0.0921. The maximum absolute atomic E-state index is 13.6. The number of anilines is 1. The van der Waals surface area contributed by atoms with Gasteiger partial charge in [-0.05, 0) is 74.7 Å². The van der Waals surface area contributed by atoms with Crippen LogP contribution in [0.15, 0.2) is 71.6 Å². The molecule has 0 aliphatic carbocycles. The molecule has 0 aliphatic heterocycles. The molecular weight excluding hydrogens is 452 g/mol. The fourth-order valence-corrected chi connectivity index (χ4v) is 5.62. The van der Waals surface area contributed by atoms with Crippen molar-refractivity contribution in [3.8, 4) is 0 Å². The highest BCUT2D eigenvalue weighted by Crippen LogP contribution is 2.33. The highest BCUT2D eigenvalue weighted by Gasteiger charge is 2.24. The molecule has 1 heterocycles. The fourth-order valence-electron chi connectivity index (χ4n) is 3.54. The first kappa shape index (κ1) is 23.1. The summed E-state index contributed by atoms with van der Waals surface area (Å²) in [6, 6.07) is 20.0. The molecule has 3 aromatic carbocycles. The molecule has 0 fully saturated rings. The van der Waals surface area contributed by atoms with E-state index in [0.29, 0.717) is 17.2 Å². The molecule has 0 bridgehead atoms. The lowest BCUT2D eigenvalue weighted by molar-refractivity contribution is 0.0985. The minimum absolute atomic E-state index is 0.217. The third-order valence-electron chi connectivity index (χ3n) is 5.78. The second-order valence-corrected chi connectivity index (χ2v) is 11.9. The summed E-state index contributed by atoms with van der Waals surface area (Å²) in [6.07, 6.45) is 0. The Morgan fingerprint density at radius 3 is 2.27 bits per heavy atom. The molecule has 4 rings (SSSR count). The zero-order valence-corrected chi connectivity index (χ0v) is 20.7. The van der Waals surface area contributed by atoms with Crippen molar-refractivity contribution in [2.45, 2.75) is 44.4 Å². The van der Waals surface area contributed by atoms with Gasteiger partial charge in [-0.15, -0.1) is 0 Å². The molecule has 0 N–H and O–H groups in total. The third kappa shape index (κ3) is 4.56. The summed E-state index contributed by atoms with van der Waals surface area (Å²) < 4.78 is 26.0. The first-order valence-electron chi connectivity index (χ1n) is 10.7. The van der Waals surface area contributed by atoms with Gasteiger partial charge in [-0.1, -0.05) is 47.7 Å². The number of rotatable bonds is 6. The van der Waals surface area contributed by atoms with Gasteiger partial charge in [0.05, 0.1) is 26.9 Å². The third-order valence-corrected chi connectivity index (χ3v) is 9.00. The van der Waals surface area contributed by atoms with Crippen LogP contribution in [0.2, 0.25) is 0 Å². The summed E-state index contributed by atoms with van der Waals surface area (Å²) in [7, 11) is -3.40. The van der Waals surface area contributed by atoms with Crippen molar-refractivity contribution in [2.75, 3.05) is 4.90 Å². The first-order chi connectivity index (χ1) is 15.7. The Hall–Kier alpha value is -3.03. The number of benzene rings is 3. The van der Waals surface area contributed by atoms with Gasteiger partial charge < -0.3 is 0 Å². The van der Waals surface area contributed by atoms with Crippen LogP contribution in [0.1, 0.15) is 40.9 Å². The normalized spacial score (nSPS) is 11.8. The molecule has 5 nitrogen and oxygen atoms in total. The summed E-state index contributed by atoms with van der Waals surface area (Å²) in [5.74, 6) is -0.222. The largest absolute Gasteiger partial charge is 0.279 e. The standard InChI is InChI=1S/C26H26N2O3S2/c1-17(2)33(30,31)22-13-11-21(12-14-22)25(29)28(16-20-8-6-5-7-9-20)26-27-24-19(4)18(3)10-15-23(24)32-26/h5-15,17H,16H2,1-4H3. The summed E-state index contributed by atoms with van der Waals surface area (Å²) in [5.41, 5.74) is 4.56. The quantitative estimate of drug-likeness (QED) is 0.344. The Balaban J connectivity index is 1.75. The number of carbonyl (C=O) groups is 1. The number of fused-ring (bicyclic) bond motifs is 1. The molecule has 1 amide bonds. The van der Waals surface area contributed by atoms with Gasteiger partial charge in [0, 0.05) is 5.56 Å². The Labute approximate surface area is 198 Å². The SMILES string of the molecule is Cc1ccc2sc(N(Cc3ccccc3)C(=O)c3ccc(S(=O)(=O)C(C)C)cc3)nc2c1C. The van der Waals surface area contributed by atoms with Gasteiger partial charge >= 0.3 is 0 Å². The number of carbonyl (C=O) groups excluding carboxylic acids is 1. The number of nitrogens with zero attached hydrogens (tertiary/aromatic N) is 2. The number of aryl methyl sites for hydroxylation is 2. The van der Waals surface area contributed by atoms with Crippen molar-refractivity contribution in [1.82, 2.24) is 4.98 Å². The molecule has 170 valence electrons. The van der Waals surface area contributed by atoms with Crippen molar-refractivity contribution >= 4 is 42.4 Å². The van der Waals surface area contributed by atoms with Crippen LogP contribution >= 0.6 is 11.3 Å². The lowest BCUT2D eigenvalue weighted by Crippen LogP contribution is -2.30. The molecule has 0 unspecified atom stereocenters. The Kier molecular flexibility index (Phi) is 6.36. The van der Waals surface area contributed by atoms with E-state index in [0.717, 1.165) is 26.9 Å². The Morgan fingerprint density at radius 1 is 0.970 bits per heavy atom. The molecule has 33 heavy (non-hydrogen) atoms. The number of hydrogen-bond acceptors (Lipinski definition) is 5. The van der Waals surface area contributed by atoms with Crippen molar-refractivity contribution in [3.63, 3.8) is 0 Å². The average Bonchev–Trinajstić information content (AvgIpc) is 3.25. The van der Waals surface area contributed by atoms with E-state index in [4.69, 9.17) is 4.98 Å².